The molecule has 0 saturated carbocycles. The van der Waals surface area contributed by atoms with Gasteiger partial charge in [-0.2, -0.15) is 0 Å². The van der Waals surface area contributed by atoms with Crippen LogP contribution in [0.1, 0.15) is 17.0 Å². The molecule has 0 bridgehead atoms. The zero-order valence-electron chi connectivity index (χ0n) is 12.9. The molecule has 116 valence electrons. The van der Waals surface area contributed by atoms with Crippen LogP contribution in [-0.4, -0.2) is 19.7 Å². The van der Waals surface area contributed by atoms with Crippen molar-refractivity contribution in [2.75, 3.05) is 13.7 Å². The van der Waals surface area contributed by atoms with Gasteiger partial charge in [0.1, 0.15) is 6.61 Å². The van der Waals surface area contributed by atoms with Crippen molar-refractivity contribution >= 4 is 12.0 Å². The average Bonchev–Trinajstić information content (AvgIpc) is 2.63. The number of ether oxygens (including phenoxy) is 2. The molecule has 0 saturated heterocycles. The first-order valence-electron chi connectivity index (χ1n) is 7.51. The third kappa shape index (κ3) is 3.51. The van der Waals surface area contributed by atoms with Gasteiger partial charge in [-0.15, -0.1) is 0 Å². The van der Waals surface area contributed by atoms with Crippen LogP contribution in [0.5, 0.6) is 0 Å². The van der Waals surface area contributed by atoms with Crippen LogP contribution in [0.4, 0.5) is 0 Å². The summed E-state index contributed by atoms with van der Waals surface area (Å²) in [6, 6.07) is 20.2. The summed E-state index contributed by atoms with van der Waals surface area (Å²) in [5.74, 6) is -0.171. The summed E-state index contributed by atoms with van der Waals surface area (Å²) < 4.78 is 10.4. The predicted molar refractivity (Wildman–Crippen MR) is 89.7 cm³/mol. The summed E-state index contributed by atoms with van der Waals surface area (Å²) in [5, 5.41) is 0. The van der Waals surface area contributed by atoms with Crippen LogP contribution >= 0.6 is 0 Å². The van der Waals surface area contributed by atoms with Crippen molar-refractivity contribution in [1.82, 2.24) is 0 Å². The Morgan fingerprint density at radius 3 is 2.39 bits per heavy atom. The van der Waals surface area contributed by atoms with Crippen LogP contribution < -0.4 is 0 Å². The largest absolute Gasteiger partial charge is 0.482 e. The molecule has 0 N–H and O–H groups in total. The zero-order valence-corrected chi connectivity index (χ0v) is 12.9. The van der Waals surface area contributed by atoms with E-state index in [0.29, 0.717) is 6.61 Å². The first-order chi connectivity index (χ1) is 11.3. The quantitative estimate of drug-likeness (QED) is 0.806. The second kappa shape index (κ2) is 6.97. The molecule has 0 amide bonds. The molecule has 0 spiro atoms. The zero-order chi connectivity index (χ0) is 16.1. The van der Waals surface area contributed by atoms with Gasteiger partial charge in [-0.3, -0.25) is 0 Å². The molecule has 1 atom stereocenters. The lowest BCUT2D eigenvalue weighted by Crippen LogP contribution is -2.19. The second-order valence-corrected chi connectivity index (χ2v) is 5.33. The van der Waals surface area contributed by atoms with E-state index in [-0.39, 0.29) is 11.7 Å². The van der Waals surface area contributed by atoms with E-state index >= 15 is 0 Å². The van der Waals surface area contributed by atoms with Crippen molar-refractivity contribution in [2.24, 2.45) is 0 Å². The first kappa shape index (κ1) is 15.1. The molecule has 1 aliphatic heterocycles. The Kier molecular flexibility index (Phi) is 4.57. The number of carbonyl (C=O) groups is 1. The van der Waals surface area contributed by atoms with E-state index < -0.39 is 5.97 Å². The number of carbonyl (C=O) groups excluding carboxylic acids is 1. The van der Waals surface area contributed by atoms with Crippen LogP contribution in [0.3, 0.4) is 0 Å². The maximum absolute atomic E-state index is 11.8. The van der Waals surface area contributed by atoms with Gasteiger partial charge in [0.25, 0.3) is 0 Å². The maximum atomic E-state index is 11.8. The molecule has 1 aliphatic rings. The monoisotopic (exact) mass is 306 g/mol. The van der Waals surface area contributed by atoms with Crippen molar-refractivity contribution in [2.45, 2.75) is 5.92 Å². The van der Waals surface area contributed by atoms with Crippen LogP contribution in [0.25, 0.3) is 6.08 Å². The Labute approximate surface area is 135 Å². The number of hydrogen-bond donors (Lipinski definition) is 0. The smallest absolute Gasteiger partial charge is 0.373 e. The van der Waals surface area contributed by atoms with E-state index in [2.05, 4.69) is 30.3 Å². The fourth-order valence-corrected chi connectivity index (χ4v) is 2.65. The van der Waals surface area contributed by atoms with Crippen LogP contribution in [0.15, 0.2) is 78.1 Å². The minimum Gasteiger partial charge on any atom is -0.482 e. The maximum Gasteiger partial charge on any atom is 0.373 e. The summed E-state index contributed by atoms with van der Waals surface area (Å²) in [4.78, 5) is 11.8. The van der Waals surface area contributed by atoms with Crippen molar-refractivity contribution in [3.63, 3.8) is 0 Å². The topological polar surface area (TPSA) is 35.5 Å². The van der Waals surface area contributed by atoms with Gasteiger partial charge >= 0.3 is 5.97 Å². The van der Waals surface area contributed by atoms with Gasteiger partial charge < -0.3 is 9.47 Å². The summed E-state index contributed by atoms with van der Waals surface area (Å²) in [5.41, 5.74) is 3.34. The normalized spacial score (nSPS) is 18.9. The molecule has 2 aromatic rings. The summed E-state index contributed by atoms with van der Waals surface area (Å²) in [6.45, 7) is 0.370. The van der Waals surface area contributed by atoms with Crippen LogP contribution in [0.2, 0.25) is 0 Å². The molecule has 2 aromatic carbocycles. The molecule has 0 fully saturated rings. The Morgan fingerprint density at radius 2 is 1.74 bits per heavy atom. The van der Waals surface area contributed by atoms with E-state index in [1.165, 1.54) is 7.11 Å². The standard InChI is InChI=1S/C20H18O3/c1-22-20(21)19-13-18(16-10-6-3-7-11-16)17(14-23-19)12-15-8-4-2-5-9-15/h2-13,18H,14H2,1H3/b17-12+/t18-/m0/s1. The van der Waals surface area contributed by atoms with Crippen molar-refractivity contribution < 1.29 is 14.3 Å². The molecule has 0 aromatic heterocycles. The van der Waals surface area contributed by atoms with E-state index in [0.717, 1.165) is 16.7 Å². The highest BCUT2D eigenvalue weighted by Gasteiger charge is 2.25. The van der Waals surface area contributed by atoms with Crippen molar-refractivity contribution in [3.8, 4) is 0 Å². The minimum absolute atomic E-state index is 0.000689. The molecule has 3 rings (SSSR count). The number of esters is 1. The number of rotatable bonds is 3. The summed E-state index contributed by atoms with van der Waals surface area (Å²) in [6.07, 6.45) is 3.95. The van der Waals surface area contributed by atoms with Crippen LogP contribution in [0, 0.1) is 0 Å². The molecule has 3 heteroatoms. The van der Waals surface area contributed by atoms with E-state index in [1.807, 2.05) is 42.5 Å². The lowest BCUT2D eigenvalue weighted by molar-refractivity contribution is -0.140. The average molecular weight is 306 g/mol. The van der Waals surface area contributed by atoms with Crippen molar-refractivity contribution in [3.05, 3.63) is 89.2 Å². The molecule has 3 nitrogen and oxygen atoms in total. The van der Waals surface area contributed by atoms with E-state index in [9.17, 15) is 4.79 Å². The number of methoxy groups -OCH3 is 1. The Bertz CT molecular complexity index is 730. The van der Waals surface area contributed by atoms with E-state index in [1.54, 1.807) is 0 Å². The molecule has 0 aliphatic carbocycles. The van der Waals surface area contributed by atoms with E-state index in [4.69, 9.17) is 9.47 Å². The second-order valence-electron chi connectivity index (χ2n) is 5.33. The van der Waals surface area contributed by atoms with Gasteiger partial charge in [0.05, 0.1) is 7.11 Å². The fraction of sp³-hybridized carbons (Fsp3) is 0.150. The molecule has 0 radical (unpaired) electrons. The van der Waals surface area contributed by atoms with Gasteiger partial charge in [0, 0.05) is 5.92 Å². The molecule has 1 heterocycles. The highest BCUT2D eigenvalue weighted by Crippen LogP contribution is 2.33. The minimum atomic E-state index is -0.440. The van der Waals surface area contributed by atoms with Gasteiger partial charge in [0.15, 0.2) is 0 Å². The summed E-state index contributed by atoms with van der Waals surface area (Å²) in [7, 11) is 1.36. The highest BCUT2D eigenvalue weighted by molar-refractivity contribution is 5.87. The Hall–Kier alpha value is -2.81. The molecule has 0 unspecified atom stereocenters. The fourth-order valence-electron chi connectivity index (χ4n) is 2.65. The lowest BCUT2D eigenvalue weighted by Gasteiger charge is -2.24. The number of allylic oxidation sites excluding steroid dienone is 1. The summed E-state index contributed by atoms with van der Waals surface area (Å²) >= 11 is 0. The third-order valence-electron chi connectivity index (χ3n) is 3.81. The molecular weight excluding hydrogens is 288 g/mol. The SMILES string of the molecule is COC(=O)C1=C[C@@H](c2ccccc2)/C(=C/c2ccccc2)CO1. The highest BCUT2D eigenvalue weighted by atomic mass is 16.6. The van der Waals surface area contributed by atoms with Crippen LogP contribution in [-0.2, 0) is 14.3 Å². The molecule has 23 heavy (non-hydrogen) atoms. The Morgan fingerprint density at radius 1 is 1.09 bits per heavy atom. The van der Waals surface area contributed by atoms with Gasteiger partial charge in [0.2, 0.25) is 5.76 Å². The van der Waals surface area contributed by atoms with Gasteiger partial charge in [-0.05, 0) is 22.8 Å². The Balaban J connectivity index is 2.01. The molecular formula is C20H18O3. The predicted octanol–water partition coefficient (Wildman–Crippen LogP) is 3.94. The van der Waals surface area contributed by atoms with Gasteiger partial charge in [-0.25, -0.2) is 4.79 Å². The third-order valence-corrected chi connectivity index (χ3v) is 3.81. The van der Waals surface area contributed by atoms with Gasteiger partial charge in [-0.1, -0.05) is 66.7 Å². The first-order valence-corrected chi connectivity index (χ1v) is 7.51. The van der Waals surface area contributed by atoms with Crippen molar-refractivity contribution in [1.29, 1.82) is 0 Å². The lowest BCUT2D eigenvalue weighted by atomic mass is 9.88. The number of hydrogen-bond acceptors (Lipinski definition) is 3. The number of benzene rings is 2.